The highest BCUT2D eigenvalue weighted by Gasteiger charge is 2.16. The Bertz CT molecular complexity index is 621. The zero-order valence-corrected chi connectivity index (χ0v) is 17.1. The van der Waals surface area contributed by atoms with Crippen molar-refractivity contribution in [3.63, 3.8) is 0 Å². The summed E-state index contributed by atoms with van der Waals surface area (Å²) in [5.74, 6) is 0. The molecule has 0 aliphatic heterocycles. The third-order valence-electron chi connectivity index (χ3n) is 4.02. The second-order valence-electron chi connectivity index (χ2n) is 6.50. The van der Waals surface area contributed by atoms with Crippen LogP contribution in [0.3, 0.4) is 0 Å². The first kappa shape index (κ1) is 19.9. The molecule has 1 aromatic heterocycles. The molecule has 0 amide bonds. The van der Waals surface area contributed by atoms with Crippen molar-refractivity contribution in [1.29, 1.82) is 0 Å². The van der Waals surface area contributed by atoms with Crippen LogP contribution in [-0.4, -0.2) is 37.2 Å². The first-order chi connectivity index (χ1) is 12.1. The van der Waals surface area contributed by atoms with E-state index in [9.17, 15) is 0 Å². The van der Waals surface area contributed by atoms with Gasteiger partial charge in [0.15, 0.2) is 5.11 Å². The fourth-order valence-corrected chi connectivity index (χ4v) is 3.74. The van der Waals surface area contributed by atoms with Crippen LogP contribution in [0.5, 0.6) is 0 Å². The van der Waals surface area contributed by atoms with E-state index in [4.69, 9.17) is 12.2 Å². The second kappa shape index (κ2) is 10.5. The molecule has 136 valence electrons. The Kier molecular flexibility index (Phi) is 8.38. The van der Waals surface area contributed by atoms with Crippen LogP contribution in [0, 0.1) is 0 Å². The molecule has 0 unspecified atom stereocenters. The molecule has 0 spiro atoms. The Balaban J connectivity index is 2.00. The first-order valence-corrected chi connectivity index (χ1v) is 10.2. The Hall–Kier alpha value is -1.43. The molecular weight excluding hydrogens is 346 g/mol. The SMILES string of the molecule is CCCc1ccc([C@H](NC(=S)NCCCN(C)C)c2cccs2)cc1. The number of nitrogens with one attached hydrogen (secondary N) is 2. The highest BCUT2D eigenvalue weighted by Crippen LogP contribution is 2.26. The minimum atomic E-state index is 0.101. The highest BCUT2D eigenvalue weighted by atomic mass is 32.1. The lowest BCUT2D eigenvalue weighted by atomic mass is 10.0. The molecule has 2 N–H and O–H groups in total. The Morgan fingerprint density at radius 1 is 1.20 bits per heavy atom. The molecule has 0 radical (unpaired) electrons. The van der Waals surface area contributed by atoms with E-state index >= 15 is 0 Å². The Morgan fingerprint density at radius 2 is 1.96 bits per heavy atom. The lowest BCUT2D eigenvalue weighted by Crippen LogP contribution is -2.38. The summed E-state index contributed by atoms with van der Waals surface area (Å²) in [4.78, 5) is 3.46. The van der Waals surface area contributed by atoms with Crippen LogP contribution in [0.25, 0.3) is 0 Å². The number of hydrogen-bond acceptors (Lipinski definition) is 3. The molecule has 0 aliphatic rings. The first-order valence-electron chi connectivity index (χ1n) is 8.91. The predicted octanol–water partition coefficient (Wildman–Crippen LogP) is 4.21. The van der Waals surface area contributed by atoms with Gasteiger partial charge in [-0.2, -0.15) is 0 Å². The van der Waals surface area contributed by atoms with Crippen LogP contribution >= 0.6 is 23.6 Å². The van der Waals surface area contributed by atoms with Crippen molar-refractivity contribution in [3.8, 4) is 0 Å². The fraction of sp³-hybridized carbons (Fsp3) is 0.450. The van der Waals surface area contributed by atoms with Crippen LogP contribution in [0.4, 0.5) is 0 Å². The van der Waals surface area contributed by atoms with Crippen molar-refractivity contribution in [2.45, 2.75) is 32.2 Å². The summed E-state index contributed by atoms with van der Waals surface area (Å²) >= 11 is 7.28. The molecule has 2 rings (SSSR count). The van der Waals surface area contributed by atoms with Gasteiger partial charge in [0.2, 0.25) is 0 Å². The maximum Gasteiger partial charge on any atom is 0.167 e. The van der Waals surface area contributed by atoms with Gasteiger partial charge >= 0.3 is 0 Å². The summed E-state index contributed by atoms with van der Waals surface area (Å²) in [5.41, 5.74) is 2.64. The summed E-state index contributed by atoms with van der Waals surface area (Å²) < 4.78 is 0. The van der Waals surface area contributed by atoms with Crippen LogP contribution in [0.15, 0.2) is 41.8 Å². The van der Waals surface area contributed by atoms with Gasteiger partial charge < -0.3 is 15.5 Å². The third-order valence-corrected chi connectivity index (χ3v) is 5.22. The van der Waals surface area contributed by atoms with Crippen LogP contribution in [-0.2, 0) is 6.42 Å². The van der Waals surface area contributed by atoms with Crippen molar-refractivity contribution in [3.05, 3.63) is 57.8 Å². The smallest absolute Gasteiger partial charge is 0.167 e. The summed E-state index contributed by atoms with van der Waals surface area (Å²) in [5, 5.41) is 9.65. The van der Waals surface area contributed by atoms with Crippen molar-refractivity contribution in [2.24, 2.45) is 0 Å². The van der Waals surface area contributed by atoms with Gasteiger partial charge in [-0.1, -0.05) is 43.7 Å². The van der Waals surface area contributed by atoms with Gasteiger partial charge in [-0.15, -0.1) is 11.3 Å². The molecular formula is C20H29N3S2. The predicted molar refractivity (Wildman–Crippen MR) is 114 cm³/mol. The lowest BCUT2D eigenvalue weighted by Gasteiger charge is -2.21. The molecule has 0 aliphatic carbocycles. The number of nitrogens with zero attached hydrogens (tertiary/aromatic N) is 1. The van der Waals surface area contributed by atoms with E-state index in [0.29, 0.717) is 0 Å². The van der Waals surface area contributed by atoms with Crippen molar-refractivity contribution in [1.82, 2.24) is 15.5 Å². The quantitative estimate of drug-likeness (QED) is 0.507. The van der Waals surface area contributed by atoms with Gasteiger partial charge in [-0.3, -0.25) is 0 Å². The fourth-order valence-electron chi connectivity index (χ4n) is 2.72. The molecule has 0 saturated carbocycles. The molecule has 2 aromatic rings. The summed E-state index contributed by atoms with van der Waals surface area (Å²) in [7, 11) is 4.18. The largest absolute Gasteiger partial charge is 0.363 e. The van der Waals surface area contributed by atoms with Crippen molar-refractivity contribution < 1.29 is 0 Å². The third kappa shape index (κ3) is 6.77. The van der Waals surface area contributed by atoms with E-state index in [2.05, 4.69) is 78.3 Å². The van der Waals surface area contributed by atoms with Crippen molar-refractivity contribution >= 4 is 28.7 Å². The van der Waals surface area contributed by atoms with Crippen LogP contribution < -0.4 is 10.6 Å². The van der Waals surface area contributed by atoms with E-state index in [-0.39, 0.29) is 6.04 Å². The maximum absolute atomic E-state index is 5.52. The van der Waals surface area contributed by atoms with E-state index in [1.165, 1.54) is 22.4 Å². The summed E-state index contributed by atoms with van der Waals surface area (Å²) in [6.07, 6.45) is 3.38. The van der Waals surface area contributed by atoms with Gasteiger partial charge in [0.05, 0.1) is 6.04 Å². The average molecular weight is 376 g/mol. The highest BCUT2D eigenvalue weighted by molar-refractivity contribution is 7.80. The zero-order valence-electron chi connectivity index (χ0n) is 15.4. The van der Waals surface area contributed by atoms with E-state index < -0.39 is 0 Å². The standard InChI is InChI=1S/C20H29N3S2/c1-4-7-16-9-11-17(12-10-16)19(18-8-5-15-25-18)22-20(24)21-13-6-14-23(2)3/h5,8-12,15,19H,4,6-7,13-14H2,1-3H3,(H2,21,22,24)/t19-/m0/s1. The summed E-state index contributed by atoms with van der Waals surface area (Å²) in [6.45, 7) is 4.16. The number of rotatable bonds is 9. The minimum Gasteiger partial charge on any atom is -0.363 e. The van der Waals surface area contributed by atoms with E-state index in [1.807, 2.05) is 0 Å². The summed E-state index contributed by atoms with van der Waals surface area (Å²) in [6, 6.07) is 13.3. The maximum atomic E-state index is 5.52. The Labute approximate surface area is 161 Å². The van der Waals surface area contributed by atoms with Crippen LogP contribution in [0.1, 0.15) is 41.8 Å². The monoisotopic (exact) mass is 375 g/mol. The molecule has 1 heterocycles. The van der Waals surface area contributed by atoms with Gasteiger partial charge in [0.25, 0.3) is 0 Å². The molecule has 25 heavy (non-hydrogen) atoms. The number of thiophene rings is 1. The number of hydrogen-bond donors (Lipinski definition) is 2. The lowest BCUT2D eigenvalue weighted by molar-refractivity contribution is 0.400. The van der Waals surface area contributed by atoms with Crippen molar-refractivity contribution in [2.75, 3.05) is 27.2 Å². The molecule has 0 bridgehead atoms. The zero-order chi connectivity index (χ0) is 18.1. The number of aryl methyl sites for hydroxylation is 1. The second-order valence-corrected chi connectivity index (χ2v) is 7.88. The van der Waals surface area contributed by atoms with E-state index in [0.717, 1.165) is 31.0 Å². The molecule has 0 fully saturated rings. The number of benzene rings is 1. The van der Waals surface area contributed by atoms with Gasteiger partial charge in [-0.25, -0.2) is 0 Å². The van der Waals surface area contributed by atoms with Crippen LogP contribution in [0.2, 0.25) is 0 Å². The molecule has 1 aromatic carbocycles. The average Bonchev–Trinajstić information content (AvgIpc) is 3.12. The topological polar surface area (TPSA) is 27.3 Å². The van der Waals surface area contributed by atoms with E-state index in [1.54, 1.807) is 11.3 Å². The normalized spacial score (nSPS) is 12.2. The molecule has 1 atom stereocenters. The molecule has 5 heteroatoms. The molecule has 3 nitrogen and oxygen atoms in total. The number of thiocarbonyl (C=S) groups is 1. The van der Waals surface area contributed by atoms with Gasteiger partial charge in [-0.05, 0) is 68.3 Å². The molecule has 0 saturated heterocycles. The Morgan fingerprint density at radius 3 is 2.56 bits per heavy atom. The minimum absolute atomic E-state index is 0.101. The van der Waals surface area contributed by atoms with Gasteiger partial charge in [0, 0.05) is 11.4 Å². The van der Waals surface area contributed by atoms with Gasteiger partial charge in [0.1, 0.15) is 0 Å².